The van der Waals surface area contributed by atoms with Gasteiger partial charge in [0.2, 0.25) is 5.91 Å². The van der Waals surface area contributed by atoms with Crippen molar-refractivity contribution in [2.45, 2.75) is 251 Å². The van der Waals surface area contributed by atoms with Crippen molar-refractivity contribution in [3.8, 4) is 0 Å². The first kappa shape index (κ1) is 50.6. The number of aliphatic hydroxyl groups is 1. The molecule has 0 unspecified atom stereocenters. The SMILES string of the molecule is CCCCCCCCCCCCCCCCCC(=O)N[C@@H](CC)[C@H](O)[C@@H](CCCCCCCCCCCCCC)OC(=O)CCC(=O)OCc1ccccc1. The Labute approximate surface area is 338 Å². The number of benzene rings is 1. The van der Waals surface area contributed by atoms with Crippen LogP contribution in [0.2, 0.25) is 0 Å². The van der Waals surface area contributed by atoms with Gasteiger partial charge in [0.25, 0.3) is 0 Å². The third kappa shape index (κ3) is 30.4. The fraction of sp³-hybridized carbons (Fsp3) is 0.812. The Morgan fingerprint density at radius 2 is 0.964 bits per heavy atom. The van der Waals surface area contributed by atoms with Crippen LogP contribution in [0, 0.1) is 0 Å². The van der Waals surface area contributed by atoms with Crippen LogP contribution in [0.1, 0.15) is 232 Å². The summed E-state index contributed by atoms with van der Waals surface area (Å²) in [5.41, 5.74) is 0.885. The van der Waals surface area contributed by atoms with Crippen LogP contribution in [0.4, 0.5) is 0 Å². The minimum atomic E-state index is -1.02. The van der Waals surface area contributed by atoms with Gasteiger partial charge in [-0.05, 0) is 31.2 Å². The van der Waals surface area contributed by atoms with Crippen LogP contribution in [0.25, 0.3) is 0 Å². The lowest BCUT2D eigenvalue weighted by Gasteiger charge is -2.30. The van der Waals surface area contributed by atoms with E-state index in [-0.39, 0.29) is 25.4 Å². The average molecular weight is 772 g/mol. The van der Waals surface area contributed by atoms with Gasteiger partial charge in [0.05, 0.1) is 18.9 Å². The molecule has 7 heteroatoms. The van der Waals surface area contributed by atoms with Crippen LogP contribution in [0.15, 0.2) is 30.3 Å². The van der Waals surface area contributed by atoms with E-state index in [1.54, 1.807) is 0 Å². The highest BCUT2D eigenvalue weighted by Crippen LogP contribution is 2.19. The first-order chi connectivity index (χ1) is 26.9. The summed E-state index contributed by atoms with van der Waals surface area (Å²) in [5, 5.41) is 14.5. The monoisotopic (exact) mass is 772 g/mol. The second kappa shape index (κ2) is 37.2. The molecule has 1 amide bonds. The van der Waals surface area contributed by atoms with Gasteiger partial charge in [-0.3, -0.25) is 14.4 Å². The summed E-state index contributed by atoms with van der Waals surface area (Å²) in [6.07, 6.45) is 33.4. The quantitative estimate of drug-likeness (QED) is 0.0510. The Morgan fingerprint density at radius 3 is 1.42 bits per heavy atom. The highest BCUT2D eigenvalue weighted by Gasteiger charge is 2.30. The van der Waals surface area contributed by atoms with Gasteiger partial charge in [0, 0.05) is 6.42 Å². The zero-order chi connectivity index (χ0) is 40.0. The number of esters is 2. The highest BCUT2D eigenvalue weighted by molar-refractivity contribution is 5.78. The molecule has 0 radical (unpaired) electrons. The summed E-state index contributed by atoms with van der Waals surface area (Å²) in [7, 11) is 0. The molecule has 0 aliphatic carbocycles. The van der Waals surface area contributed by atoms with Crippen LogP contribution >= 0.6 is 0 Å². The van der Waals surface area contributed by atoms with E-state index < -0.39 is 30.2 Å². The lowest BCUT2D eigenvalue weighted by Crippen LogP contribution is -2.49. The van der Waals surface area contributed by atoms with E-state index in [4.69, 9.17) is 9.47 Å². The molecule has 0 saturated heterocycles. The van der Waals surface area contributed by atoms with Gasteiger partial charge in [-0.25, -0.2) is 0 Å². The Morgan fingerprint density at radius 1 is 0.545 bits per heavy atom. The maximum Gasteiger partial charge on any atom is 0.306 e. The summed E-state index contributed by atoms with van der Waals surface area (Å²) in [5.74, 6) is -1.05. The molecule has 3 atom stereocenters. The molecule has 318 valence electrons. The zero-order valence-electron chi connectivity index (χ0n) is 35.9. The number of aliphatic hydroxyl groups excluding tert-OH is 1. The van der Waals surface area contributed by atoms with Crippen LogP contribution < -0.4 is 5.32 Å². The molecule has 0 aliphatic rings. The molecule has 1 aromatic rings. The molecule has 0 spiro atoms. The second-order valence-electron chi connectivity index (χ2n) is 16.1. The Kier molecular flexibility index (Phi) is 34.2. The lowest BCUT2D eigenvalue weighted by molar-refractivity contribution is -0.160. The van der Waals surface area contributed by atoms with Gasteiger partial charge < -0.3 is 19.9 Å². The molecule has 55 heavy (non-hydrogen) atoms. The van der Waals surface area contributed by atoms with E-state index in [0.29, 0.717) is 19.3 Å². The smallest absolute Gasteiger partial charge is 0.306 e. The van der Waals surface area contributed by atoms with E-state index in [0.717, 1.165) is 44.1 Å². The molecule has 0 heterocycles. The van der Waals surface area contributed by atoms with Crippen molar-refractivity contribution in [1.29, 1.82) is 0 Å². The van der Waals surface area contributed by atoms with Crippen molar-refractivity contribution >= 4 is 17.8 Å². The molecular weight excluding hydrogens is 687 g/mol. The molecule has 0 bridgehead atoms. The number of hydrogen-bond acceptors (Lipinski definition) is 6. The fourth-order valence-corrected chi connectivity index (χ4v) is 7.35. The standard InChI is InChI=1S/C48H85NO6/c1-4-7-9-11-13-15-17-19-20-21-23-25-27-29-34-38-45(50)49-43(6-3)48(53)44(37-33-28-26-24-22-18-16-14-12-10-8-5-2)55-47(52)40-39-46(51)54-41-42-35-31-30-32-36-42/h30-32,35-36,43-44,48,53H,4-29,33-34,37-41H2,1-3H3,(H,49,50)/t43-,44+,48-/m0/s1. The van der Waals surface area contributed by atoms with Crippen molar-refractivity contribution in [1.82, 2.24) is 5.32 Å². The molecule has 0 aliphatic heterocycles. The molecule has 0 fully saturated rings. The lowest BCUT2D eigenvalue weighted by atomic mass is 9.97. The van der Waals surface area contributed by atoms with Crippen molar-refractivity contribution in [3.05, 3.63) is 35.9 Å². The number of carbonyl (C=O) groups excluding carboxylic acids is 3. The molecule has 2 N–H and O–H groups in total. The highest BCUT2D eigenvalue weighted by atomic mass is 16.6. The van der Waals surface area contributed by atoms with Gasteiger partial charge in [0.1, 0.15) is 18.8 Å². The van der Waals surface area contributed by atoms with Crippen LogP contribution in [0.3, 0.4) is 0 Å². The average Bonchev–Trinajstić information content (AvgIpc) is 3.19. The molecule has 7 nitrogen and oxygen atoms in total. The van der Waals surface area contributed by atoms with E-state index >= 15 is 0 Å². The third-order valence-electron chi connectivity index (χ3n) is 11.0. The number of carbonyl (C=O) groups is 3. The van der Waals surface area contributed by atoms with E-state index in [1.165, 1.54) is 135 Å². The number of nitrogens with one attached hydrogen (secondary N) is 1. The number of unbranched alkanes of at least 4 members (excludes halogenated alkanes) is 25. The molecule has 0 aromatic heterocycles. The van der Waals surface area contributed by atoms with Crippen LogP contribution in [0.5, 0.6) is 0 Å². The fourth-order valence-electron chi connectivity index (χ4n) is 7.35. The first-order valence-electron chi connectivity index (χ1n) is 23.3. The number of hydrogen-bond donors (Lipinski definition) is 2. The maximum absolute atomic E-state index is 12.9. The minimum Gasteiger partial charge on any atom is -0.461 e. The summed E-state index contributed by atoms with van der Waals surface area (Å²) >= 11 is 0. The Balaban J connectivity index is 2.43. The second-order valence-corrected chi connectivity index (χ2v) is 16.1. The number of ether oxygens (including phenoxy) is 2. The minimum absolute atomic E-state index is 0.0582. The third-order valence-corrected chi connectivity index (χ3v) is 11.0. The summed E-state index contributed by atoms with van der Waals surface area (Å²) < 4.78 is 11.2. The summed E-state index contributed by atoms with van der Waals surface area (Å²) in [6, 6.07) is 8.93. The predicted octanol–water partition coefficient (Wildman–Crippen LogP) is 13.0. The topological polar surface area (TPSA) is 102 Å². The largest absolute Gasteiger partial charge is 0.461 e. The summed E-state index contributed by atoms with van der Waals surface area (Å²) in [4.78, 5) is 38.2. The zero-order valence-corrected chi connectivity index (χ0v) is 35.9. The van der Waals surface area contributed by atoms with E-state index in [1.807, 2.05) is 37.3 Å². The summed E-state index contributed by atoms with van der Waals surface area (Å²) in [6.45, 7) is 6.62. The predicted molar refractivity (Wildman–Crippen MR) is 229 cm³/mol. The van der Waals surface area contributed by atoms with Crippen molar-refractivity contribution in [2.75, 3.05) is 0 Å². The molecular formula is C48H85NO6. The van der Waals surface area contributed by atoms with Crippen molar-refractivity contribution < 1.29 is 29.0 Å². The molecule has 1 aromatic carbocycles. The van der Waals surface area contributed by atoms with Gasteiger partial charge in [-0.2, -0.15) is 0 Å². The van der Waals surface area contributed by atoms with Crippen LogP contribution in [-0.4, -0.2) is 41.2 Å². The van der Waals surface area contributed by atoms with Crippen LogP contribution in [-0.2, 0) is 30.5 Å². The normalized spacial score (nSPS) is 12.9. The first-order valence-corrected chi connectivity index (χ1v) is 23.3. The van der Waals surface area contributed by atoms with Crippen molar-refractivity contribution in [3.63, 3.8) is 0 Å². The van der Waals surface area contributed by atoms with Gasteiger partial charge in [-0.15, -0.1) is 0 Å². The molecule has 1 rings (SSSR count). The van der Waals surface area contributed by atoms with E-state index in [9.17, 15) is 19.5 Å². The number of rotatable bonds is 39. The molecule has 0 saturated carbocycles. The van der Waals surface area contributed by atoms with Gasteiger partial charge in [0.15, 0.2) is 0 Å². The van der Waals surface area contributed by atoms with Gasteiger partial charge in [-0.1, -0.05) is 212 Å². The maximum atomic E-state index is 12.9. The van der Waals surface area contributed by atoms with Gasteiger partial charge >= 0.3 is 11.9 Å². The Hall–Kier alpha value is -2.41. The Bertz CT molecular complexity index is 1030. The van der Waals surface area contributed by atoms with E-state index in [2.05, 4.69) is 19.2 Å². The number of amides is 1. The van der Waals surface area contributed by atoms with Crippen molar-refractivity contribution in [2.24, 2.45) is 0 Å².